The molecule has 0 saturated heterocycles. The molecule has 0 bridgehead atoms. The van der Waals surface area contributed by atoms with Gasteiger partial charge in [-0.15, -0.1) is 22.0 Å². The zero-order valence-corrected chi connectivity index (χ0v) is 10.9. The van der Waals surface area contributed by atoms with E-state index >= 15 is 0 Å². The normalized spacial score (nSPS) is 10.6. The fourth-order valence-corrected chi connectivity index (χ4v) is 2.19. The van der Waals surface area contributed by atoms with Crippen molar-refractivity contribution in [3.8, 4) is 0 Å². The monoisotopic (exact) mass is 282 g/mol. The van der Waals surface area contributed by atoms with Crippen LogP contribution in [0.25, 0.3) is 0 Å². The molecule has 0 atom stereocenters. The predicted molar refractivity (Wildman–Crippen MR) is 66.6 cm³/mol. The Morgan fingerprint density at radius 3 is 2.79 bits per heavy atom. The minimum Gasteiger partial charge on any atom is -0.478 e. The first kappa shape index (κ1) is 13.5. The van der Waals surface area contributed by atoms with Gasteiger partial charge < -0.3 is 9.52 Å². The van der Waals surface area contributed by atoms with E-state index in [2.05, 4.69) is 10.2 Å². The van der Waals surface area contributed by atoms with Crippen molar-refractivity contribution in [2.24, 2.45) is 0 Å². The van der Waals surface area contributed by atoms with Crippen LogP contribution < -0.4 is 0 Å². The van der Waals surface area contributed by atoms with Crippen LogP contribution in [-0.2, 0) is 12.2 Å². The van der Waals surface area contributed by atoms with Crippen LogP contribution in [0.3, 0.4) is 0 Å². The number of benzene rings is 1. The van der Waals surface area contributed by atoms with E-state index in [1.165, 1.54) is 12.1 Å². The van der Waals surface area contributed by atoms with Crippen LogP contribution in [0.5, 0.6) is 0 Å². The first-order valence-corrected chi connectivity index (χ1v) is 6.55. The molecule has 0 radical (unpaired) electrons. The second-order valence-corrected chi connectivity index (χ2v) is 4.70. The molecule has 0 amide bonds. The number of halogens is 1. The number of hydrogen-bond acceptors (Lipinski definition) is 5. The highest BCUT2D eigenvalue weighted by atomic mass is 32.2. The second-order valence-electron chi connectivity index (χ2n) is 3.68. The molecule has 0 spiro atoms. The van der Waals surface area contributed by atoms with Gasteiger partial charge in [-0.3, -0.25) is 0 Å². The van der Waals surface area contributed by atoms with E-state index < -0.39 is 11.8 Å². The van der Waals surface area contributed by atoms with Crippen LogP contribution in [0.2, 0.25) is 0 Å². The van der Waals surface area contributed by atoms with Gasteiger partial charge >= 0.3 is 5.97 Å². The van der Waals surface area contributed by atoms with Gasteiger partial charge in [0.05, 0.1) is 11.3 Å². The number of hydrogen-bond donors (Lipinski definition) is 1. The summed E-state index contributed by atoms with van der Waals surface area (Å²) in [6.45, 7) is 1.89. The first-order chi connectivity index (χ1) is 9.10. The van der Waals surface area contributed by atoms with Crippen molar-refractivity contribution < 1.29 is 18.7 Å². The standard InChI is InChI=1S/C12H11FN2O3S/c1-2-10-14-15-11(18-10)6-19-9-5-7(12(16)17)3-4-8(9)13/h3-5H,2,6H2,1H3,(H,16,17). The number of aromatic carboxylic acids is 1. The van der Waals surface area contributed by atoms with Crippen LogP contribution in [0.15, 0.2) is 27.5 Å². The molecule has 2 aromatic rings. The van der Waals surface area contributed by atoms with E-state index in [0.717, 1.165) is 17.8 Å². The van der Waals surface area contributed by atoms with Crippen molar-refractivity contribution >= 4 is 17.7 Å². The summed E-state index contributed by atoms with van der Waals surface area (Å²) >= 11 is 1.12. The smallest absolute Gasteiger partial charge is 0.335 e. The topological polar surface area (TPSA) is 76.2 Å². The van der Waals surface area contributed by atoms with Crippen LogP contribution in [0, 0.1) is 5.82 Å². The molecule has 0 fully saturated rings. The minimum absolute atomic E-state index is 0.0451. The maximum absolute atomic E-state index is 13.5. The van der Waals surface area contributed by atoms with Crippen molar-refractivity contribution in [1.29, 1.82) is 0 Å². The van der Waals surface area contributed by atoms with Crippen molar-refractivity contribution in [3.05, 3.63) is 41.4 Å². The summed E-state index contributed by atoms with van der Waals surface area (Å²) in [4.78, 5) is 11.1. The van der Waals surface area contributed by atoms with E-state index in [0.29, 0.717) is 24.0 Å². The van der Waals surface area contributed by atoms with Gasteiger partial charge in [0, 0.05) is 11.3 Å². The van der Waals surface area contributed by atoms with Gasteiger partial charge in [-0.1, -0.05) is 6.92 Å². The van der Waals surface area contributed by atoms with Crippen LogP contribution in [0.4, 0.5) is 4.39 Å². The first-order valence-electron chi connectivity index (χ1n) is 5.57. The third kappa shape index (κ3) is 3.31. The molecule has 7 heteroatoms. The Balaban J connectivity index is 2.10. The van der Waals surface area contributed by atoms with Gasteiger partial charge in [-0.2, -0.15) is 0 Å². The van der Waals surface area contributed by atoms with Gasteiger partial charge in [0.25, 0.3) is 0 Å². The zero-order valence-electron chi connectivity index (χ0n) is 10.1. The van der Waals surface area contributed by atoms with Crippen LogP contribution in [0.1, 0.15) is 29.1 Å². The zero-order chi connectivity index (χ0) is 13.8. The SMILES string of the molecule is CCc1nnc(CSc2cc(C(=O)O)ccc2F)o1. The van der Waals surface area contributed by atoms with Gasteiger partial charge in [0.2, 0.25) is 11.8 Å². The van der Waals surface area contributed by atoms with Crippen molar-refractivity contribution in [2.45, 2.75) is 24.0 Å². The average molecular weight is 282 g/mol. The minimum atomic E-state index is -1.09. The summed E-state index contributed by atoms with van der Waals surface area (Å²) < 4.78 is 18.8. The molecule has 1 heterocycles. The average Bonchev–Trinajstić information content (AvgIpc) is 2.85. The molecule has 0 unspecified atom stereocenters. The Kier molecular flexibility index (Phi) is 4.16. The molecular formula is C12H11FN2O3S. The molecule has 2 rings (SSSR count). The molecule has 0 aliphatic heterocycles. The van der Waals surface area contributed by atoms with Crippen LogP contribution >= 0.6 is 11.8 Å². The molecule has 19 heavy (non-hydrogen) atoms. The van der Waals surface area contributed by atoms with Gasteiger partial charge in [-0.25, -0.2) is 9.18 Å². The lowest BCUT2D eigenvalue weighted by Crippen LogP contribution is -1.97. The maximum Gasteiger partial charge on any atom is 0.335 e. The van der Waals surface area contributed by atoms with Gasteiger partial charge in [0.1, 0.15) is 5.82 Å². The molecule has 0 aliphatic rings. The Labute approximate surface area is 112 Å². The van der Waals surface area contributed by atoms with E-state index in [1.54, 1.807) is 0 Å². The summed E-state index contributed by atoms with van der Waals surface area (Å²) in [5.41, 5.74) is 0.0451. The Bertz CT molecular complexity index is 600. The summed E-state index contributed by atoms with van der Waals surface area (Å²) in [6, 6.07) is 3.65. The fraction of sp³-hybridized carbons (Fsp3) is 0.250. The highest BCUT2D eigenvalue weighted by Gasteiger charge is 2.11. The summed E-state index contributed by atoms with van der Waals surface area (Å²) in [5, 5.41) is 16.5. The Morgan fingerprint density at radius 2 is 2.16 bits per heavy atom. The Morgan fingerprint density at radius 1 is 1.42 bits per heavy atom. The van der Waals surface area contributed by atoms with Crippen molar-refractivity contribution in [3.63, 3.8) is 0 Å². The number of carboxylic acid groups (broad SMARTS) is 1. The summed E-state index contributed by atoms with van der Waals surface area (Å²) in [7, 11) is 0. The molecular weight excluding hydrogens is 271 g/mol. The maximum atomic E-state index is 13.5. The number of thioether (sulfide) groups is 1. The molecule has 100 valence electrons. The molecule has 1 aromatic carbocycles. The number of aromatic nitrogens is 2. The number of nitrogens with zero attached hydrogens (tertiary/aromatic N) is 2. The number of rotatable bonds is 5. The quantitative estimate of drug-likeness (QED) is 0.850. The van der Waals surface area contributed by atoms with E-state index in [4.69, 9.17) is 9.52 Å². The molecule has 0 saturated carbocycles. The number of carboxylic acids is 1. The van der Waals surface area contributed by atoms with Gasteiger partial charge in [0.15, 0.2) is 0 Å². The van der Waals surface area contributed by atoms with E-state index in [-0.39, 0.29) is 10.5 Å². The molecule has 1 aromatic heterocycles. The highest BCUT2D eigenvalue weighted by molar-refractivity contribution is 7.98. The van der Waals surface area contributed by atoms with E-state index in [9.17, 15) is 9.18 Å². The molecule has 5 nitrogen and oxygen atoms in total. The Hall–Kier alpha value is -1.89. The fourth-order valence-electron chi connectivity index (χ4n) is 1.38. The molecule has 0 aliphatic carbocycles. The largest absolute Gasteiger partial charge is 0.478 e. The van der Waals surface area contributed by atoms with Crippen molar-refractivity contribution in [1.82, 2.24) is 10.2 Å². The lowest BCUT2D eigenvalue weighted by molar-refractivity contribution is 0.0696. The van der Waals surface area contributed by atoms with Crippen molar-refractivity contribution in [2.75, 3.05) is 0 Å². The van der Waals surface area contributed by atoms with Crippen LogP contribution in [-0.4, -0.2) is 21.3 Å². The number of carbonyl (C=O) groups is 1. The lowest BCUT2D eigenvalue weighted by atomic mass is 10.2. The highest BCUT2D eigenvalue weighted by Crippen LogP contribution is 2.26. The van der Waals surface area contributed by atoms with Gasteiger partial charge in [-0.05, 0) is 18.2 Å². The second kappa shape index (κ2) is 5.83. The third-order valence-electron chi connectivity index (χ3n) is 2.34. The number of aryl methyl sites for hydroxylation is 1. The summed E-state index contributed by atoms with van der Waals surface area (Å²) in [5.74, 6) is -0.344. The predicted octanol–water partition coefficient (Wildman–Crippen LogP) is 2.76. The molecule has 1 N–H and O–H groups in total. The third-order valence-corrected chi connectivity index (χ3v) is 3.36. The van der Waals surface area contributed by atoms with E-state index in [1.807, 2.05) is 6.92 Å². The summed E-state index contributed by atoms with van der Waals surface area (Å²) in [6.07, 6.45) is 0.639. The lowest BCUT2D eigenvalue weighted by Gasteiger charge is -2.02.